The summed E-state index contributed by atoms with van der Waals surface area (Å²) in [5.41, 5.74) is 13.6. The Bertz CT molecular complexity index is 1270. The molecule has 38 heavy (non-hydrogen) atoms. The maximum Gasteiger partial charge on any atom is 0.253 e. The Morgan fingerprint density at radius 2 is 1.58 bits per heavy atom. The average molecular weight is 513 g/mol. The van der Waals surface area contributed by atoms with Crippen LogP contribution >= 0.6 is 0 Å². The number of ether oxygens (including phenoxy) is 1. The fourth-order valence-corrected chi connectivity index (χ4v) is 6.32. The largest absolute Gasteiger partial charge is 0.482 e. The van der Waals surface area contributed by atoms with Gasteiger partial charge in [0.2, 0.25) is 0 Å². The zero-order chi connectivity index (χ0) is 26.8. The van der Waals surface area contributed by atoms with Crippen molar-refractivity contribution in [2.75, 3.05) is 31.9 Å². The van der Waals surface area contributed by atoms with E-state index in [1.54, 1.807) is 6.20 Å². The number of carbonyl (C=O) groups is 1. The molecule has 1 aromatic heterocycles. The second-order valence-electron chi connectivity index (χ2n) is 11.0. The molecule has 2 fully saturated rings. The Balaban J connectivity index is 1.26. The van der Waals surface area contributed by atoms with E-state index in [9.17, 15) is 4.79 Å². The minimum absolute atomic E-state index is 0.119. The van der Waals surface area contributed by atoms with Gasteiger partial charge in [0.15, 0.2) is 11.6 Å². The molecular weight excluding hydrogens is 472 g/mol. The number of carbonyl (C=O) groups excluding carboxylic acids is 1. The number of aromatic nitrogens is 1. The maximum atomic E-state index is 13.2. The van der Waals surface area contributed by atoms with Gasteiger partial charge >= 0.3 is 0 Å². The quantitative estimate of drug-likeness (QED) is 0.432. The van der Waals surface area contributed by atoms with Gasteiger partial charge in [0.25, 0.3) is 5.91 Å². The van der Waals surface area contributed by atoms with Gasteiger partial charge in [-0.2, -0.15) is 0 Å². The summed E-state index contributed by atoms with van der Waals surface area (Å²) in [4.78, 5) is 22.2. The summed E-state index contributed by atoms with van der Waals surface area (Å²) in [6, 6.07) is 14.7. The molecule has 1 atom stereocenters. The van der Waals surface area contributed by atoms with E-state index in [0.29, 0.717) is 17.6 Å². The molecule has 0 bridgehead atoms. The van der Waals surface area contributed by atoms with Crippen LogP contribution < -0.4 is 10.5 Å². The molecule has 2 aromatic carbocycles. The van der Waals surface area contributed by atoms with E-state index in [-0.39, 0.29) is 12.0 Å². The predicted molar refractivity (Wildman–Crippen MR) is 154 cm³/mol. The number of hydrogen-bond donors (Lipinski definition) is 1. The van der Waals surface area contributed by atoms with E-state index in [0.717, 1.165) is 42.6 Å². The van der Waals surface area contributed by atoms with Crippen molar-refractivity contribution in [3.8, 4) is 16.9 Å². The van der Waals surface area contributed by atoms with E-state index < -0.39 is 0 Å². The highest BCUT2D eigenvalue weighted by molar-refractivity contribution is 5.94. The monoisotopic (exact) mass is 512 g/mol. The van der Waals surface area contributed by atoms with Gasteiger partial charge in [-0.3, -0.25) is 4.79 Å². The smallest absolute Gasteiger partial charge is 0.253 e. The Kier molecular flexibility index (Phi) is 7.70. The van der Waals surface area contributed by atoms with E-state index in [4.69, 9.17) is 10.5 Å². The summed E-state index contributed by atoms with van der Waals surface area (Å²) >= 11 is 0. The highest BCUT2D eigenvalue weighted by atomic mass is 16.5. The number of pyridine rings is 1. The molecular formula is C32H40N4O2. The summed E-state index contributed by atoms with van der Waals surface area (Å²) in [5.74, 6) is 1.05. The zero-order valence-electron chi connectivity index (χ0n) is 23.2. The van der Waals surface area contributed by atoms with Gasteiger partial charge in [-0.25, -0.2) is 4.98 Å². The maximum absolute atomic E-state index is 13.2. The van der Waals surface area contributed by atoms with Crippen LogP contribution in [-0.2, 0) is 0 Å². The normalized spacial score (nSPS) is 17.5. The first-order valence-corrected chi connectivity index (χ1v) is 13.9. The molecule has 0 spiro atoms. The molecule has 2 N–H and O–H groups in total. The molecule has 5 rings (SSSR count). The third-order valence-electron chi connectivity index (χ3n) is 8.20. The van der Waals surface area contributed by atoms with Gasteiger partial charge < -0.3 is 20.3 Å². The lowest BCUT2D eigenvalue weighted by molar-refractivity contribution is 0.0644. The lowest BCUT2D eigenvalue weighted by Gasteiger charge is -2.36. The number of nitrogen functional groups attached to an aromatic ring is 1. The van der Waals surface area contributed by atoms with Crippen LogP contribution in [0.15, 0.2) is 48.7 Å². The van der Waals surface area contributed by atoms with E-state index in [1.807, 2.05) is 42.2 Å². The van der Waals surface area contributed by atoms with Crippen molar-refractivity contribution in [3.05, 3.63) is 76.5 Å². The number of aryl methyl sites for hydroxylation is 3. The number of amides is 1. The second kappa shape index (κ2) is 11.2. The van der Waals surface area contributed by atoms with Gasteiger partial charge in [-0.15, -0.1) is 0 Å². The van der Waals surface area contributed by atoms with Crippen molar-refractivity contribution in [2.45, 2.75) is 65.5 Å². The molecule has 2 aliphatic rings. The van der Waals surface area contributed by atoms with E-state index >= 15 is 0 Å². The molecule has 0 aliphatic carbocycles. The Morgan fingerprint density at radius 1 is 0.947 bits per heavy atom. The first-order chi connectivity index (χ1) is 18.3. The SMILES string of the molecule is Cc1cc(C)c(C(C)Oc2cc(-c3ccc(C(=O)N4CCC(N5CCCC5)CC4)cc3)cnc2N)c(C)c1. The molecule has 6 nitrogen and oxygen atoms in total. The van der Waals surface area contributed by atoms with Crippen LogP contribution in [0, 0.1) is 20.8 Å². The summed E-state index contributed by atoms with van der Waals surface area (Å²) in [6.45, 7) is 12.5. The molecule has 3 aromatic rings. The van der Waals surface area contributed by atoms with Crippen LogP contribution in [0.5, 0.6) is 5.75 Å². The predicted octanol–water partition coefficient (Wildman–Crippen LogP) is 6.10. The van der Waals surface area contributed by atoms with Crippen LogP contribution in [-0.4, -0.2) is 52.9 Å². The highest BCUT2D eigenvalue weighted by Gasteiger charge is 2.28. The van der Waals surface area contributed by atoms with Crippen LogP contribution in [0.3, 0.4) is 0 Å². The van der Waals surface area contributed by atoms with E-state index in [1.165, 1.54) is 48.2 Å². The van der Waals surface area contributed by atoms with Crippen LogP contribution in [0.2, 0.25) is 0 Å². The zero-order valence-corrected chi connectivity index (χ0v) is 23.2. The minimum atomic E-state index is -0.162. The number of nitrogens with zero attached hydrogens (tertiary/aromatic N) is 3. The molecule has 6 heteroatoms. The number of piperidine rings is 1. The Labute approximate surface area is 226 Å². The van der Waals surface area contributed by atoms with Crippen molar-refractivity contribution >= 4 is 11.7 Å². The summed E-state index contributed by atoms with van der Waals surface area (Å²) in [7, 11) is 0. The summed E-state index contributed by atoms with van der Waals surface area (Å²) in [6.07, 6.45) is 6.37. The van der Waals surface area contributed by atoms with E-state index in [2.05, 4.69) is 42.8 Å². The number of nitrogens with two attached hydrogens (primary N) is 1. The topological polar surface area (TPSA) is 71.7 Å². The summed E-state index contributed by atoms with van der Waals surface area (Å²) in [5, 5.41) is 0. The van der Waals surface area contributed by atoms with Crippen molar-refractivity contribution in [1.29, 1.82) is 0 Å². The van der Waals surface area contributed by atoms with Crippen LogP contribution in [0.4, 0.5) is 5.82 Å². The number of rotatable bonds is 6. The van der Waals surface area contributed by atoms with Gasteiger partial charge in [0, 0.05) is 36.5 Å². The highest BCUT2D eigenvalue weighted by Crippen LogP contribution is 2.33. The van der Waals surface area contributed by atoms with Gasteiger partial charge in [0.05, 0.1) is 0 Å². The number of anilines is 1. The first kappa shape index (κ1) is 26.2. The third kappa shape index (κ3) is 5.56. The van der Waals surface area contributed by atoms with Crippen molar-refractivity contribution in [1.82, 2.24) is 14.8 Å². The second-order valence-corrected chi connectivity index (χ2v) is 11.0. The average Bonchev–Trinajstić information content (AvgIpc) is 3.44. The van der Waals surface area contributed by atoms with Crippen LogP contribution in [0.25, 0.3) is 11.1 Å². The molecule has 2 saturated heterocycles. The molecule has 0 saturated carbocycles. The van der Waals surface area contributed by atoms with Gasteiger partial charge in [-0.1, -0.05) is 29.8 Å². The molecule has 200 valence electrons. The number of likely N-dealkylation sites (tertiary alicyclic amines) is 2. The molecule has 3 heterocycles. The third-order valence-corrected chi connectivity index (χ3v) is 8.20. The van der Waals surface area contributed by atoms with Gasteiger partial charge in [-0.05, 0) is 107 Å². The Morgan fingerprint density at radius 3 is 2.21 bits per heavy atom. The Hall–Kier alpha value is -3.38. The lowest BCUT2D eigenvalue weighted by atomic mass is 9.96. The molecule has 1 unspecified atom stereocenters. The first-order valence-electron chi connectivity index (χ1n) is 13.9. The number of benzene rings is 2. The summed E-state index contributed by atoms with van der Waals surface area (Å²) < 4.78 is 6.33. The van der Waals surface area contributed by atoms with Crippen molar-refractivity contribution < 1.29 is 9.53 Å². The fourth-order valence-electron chi connectivity index (χ4n) is 6.32. The standard InChI is InChI=1S/C32H40N4O2/c1-21-17-22(2)30(23(3)18-21)24(4)38-29-19-27(20-34-31(29)33)25-7-9-26(10-8-25)32(37)36-15-11-28(12-16-36)35-13-5-6-14-35/h7-10,17-20,24,28H,5-6,11-16H2,1-4H3,(H2,33,34). The van der Waals surface area contributed by atoms with Crippen molar-refractivity contribution in [2.24, 2.45) is 0 Å². The van der Waals surface area contributed by atoms with Crippen molar-refractivity contribution in [3.63, 3.8) is 0 Å². The molecule has 1 amide bonds. The minimum Gasteiger partial charge on any atom is -0.482 e. The number of hydrogen-bond acceptors (Lipinski definition) is 5. The fraction of sp³-hybridized carbons (Fsp3) is 0.438. The molecule has 0 radical (unpaired) electrons. The lowest BCUT2D eigenvalue weighted by Crippen LogP contribution is -2.45. The molecule has 2 aliphatic heterocycles. The van der Waals surface area contributed by atoms with Crippen LogP contribution in [0.1, 0.15) is 71.3 Å². The van der Waals surface area contributed by atoms with Gasteiger partial charge in [0.1, 0.15) is 6.10 Å².